The first kappa shape index (κ1) is 44.9. The van der Waals surface area contributed by atoms with E-state index in [4.69, 9.17) is 19.7 Å². The predicted molar refractivity (Wildman–Crippen MR) is 206 cm³/mol. The van der Waals surface area contributed by atoms with E-state index in [1.807, 2.05) is 13.8 Å². The number of halogens is 1. The number of benzene rings is 2. The van der Waals surface area contributed by atoms with Gasteiger partial charge in [-0.25, -0.2) is 4.39 Å². The van der Waals surface area contributed by atoms with Gasteiger partial charge >= 0.3 is 0 Å². The highest BCUT2D eigenvalue weighted by Crippen LogP contribution is 2.45. The lowest BCUT2D eigenvalue weighted by Crippen LogP contribution is -2.21. The topological polar surface area (TPSA) is 83.8 Å². The summed E-state index contributed by atoms with van der Waals surface area (Å²) in [4.78, 5) is 17.8. The second kappa shape index (κ2) is 26.7. The van der Waals surface area contributed by atoms with E-state index in [-0.39, 0.29) is 24.5 Å². The lowest BCUT2D eigenvalue weighted by molar-refractivity contribution is -0.122. The van der Waals surface area contributed by atoms with E-state index in [9.17, 15) is 4.79 Å². The highest BCUT2D eigenvalue weighted by atomic mass is 19.1. The molecule has 2 fully saturated rings. The number of aliphatic hydroxyl groups excluding tert-OH is 1. The summed E-state index contributed by atoms with van der Waals surface area (Å²) in [7, 11) is 1.73. The normalized spacial score (nSPS) is 20.5. The lowest BCUT2D eigenvalue weighted by Gasteiger charge is -2.34. The Balaban J connectivity index is 0.000000825. The summed E-state index contributed by atoms with van der Waals surface area (Å²) >= 11 is 0. The van der Waals surface area contributed by atoms with E-state index in [0.29, 0.717) is 18.1 Å². The Morgan fingerprint density at radius 1 is 0.900 bits per heavy atom. The summed E-state index contributed by atoms with van der Waals surface area (Å²) in [6, 6.07) is 15.7. The summed E-state index contributed by atoms with van der Waals surface area (Å²) in [5.41, 5.74) is 6.51. The van der Waals surface area contributed by atoms with Crippen LogP contribution in [-0.2, 0) is 27.2 Å². The van der Waals surface area contributed by atoms with Crippen molar-refractivity contribution in [2.45, 2.75) is 129 Å². The number of ether oxygens (including phenoxy) is 1. The van der Waals surface area contributed by atoms with Crippen LogP contribution < -0.4 is 0 Å². The van der Waals surface area contributed by atoms with Crippen molar-refractivity contribution in [3.63, 3.8) is 0 Å². The Hall–Kier alpha value is -3.09. The largest absolute Gasteiger partial charge is 0.483 e. The van der Waals surface area contributed by atoms with Crippen LogP contribution in [0.3, 0.4) is 0 Å². The number of rotatable bonds is 13. The van der Waals surface area contributed by atoms with Crippen LogP contribution in [0.25, 0.3) is 0 Å². The molecule has 3 unspecified atom stereocenters. The molecule has 4 rings (SSSR count). The van der Waals surface area contributed by atoms with Gasteiger partial charge in [0.1, 0.15) is 12.1 Å². The van der Waals surface area contributed by atoms with E-state index in [1.165, 1.54) is 81.8 Å². The summed E-state index contributed by atoms with van der Waals surface area (Å²) < 4.78 is 20.3. The maximum absolute atomic E-state index is 15.1. The van der Waals surface area contributed by atoms with Crippen molar-refractivity contribution in [1.82, 2.24) is 0 Å². The lowest BCUT2D eigenvalue weighted by atomic mass is 9.71. The molecule has 2 aromatic rings. The van der Waals surface area contributed by atoms with Gasteiger partial charge in [-0.05, 0) is 136 Å². The average Bonchev–Trinajstić information content (AvgIpc) is 3.36. The molecule has 2 N–H and O–H groups in total. The SMILES string of the molecule is C=C(C)C.C=C(C=O)CO.CCCCCc1ccc(C2CCCC(C3CCC(c4ccc(CC(C)COC)cc4F)CC3)CC2)cc1.O=CO. The van der Waals surface area contributed by atoms with Gasteiger partial charge in [0.15, 0.2) is 0 Å². The number of aldehydes is 1. The van der Waals surface area contributed by atoms with E-state index in [2.05, 4.69) is 63.4 Å². The van der Waals surface area contributed by atoms with Gasteiger partial charge in [0.05, 0.1) is 6.61 Å². The van der Waals surface area contributed by atoms with E-state index >= 15 is 4.39 Å². The van der Waals surface area contributed by atoms with Crippen LogP contribution in [0, 0.1) is 23.6 Å². The number of carbonyl (C=O) groups excluding carboxylic acids is 1. The molecule has 50 heavy (non-hydrogen) atoms. The number of unbranched alkanes of at least 4 members (excludes halogenated alkanes) is 2. The van der Waals surface area contributed by atoms with Gasteiger partial charge < -0.3 is 14.9 Å². The van der Waals surface area contributed by atoms with Crippen LogP contribution >= 0.6 is 0 Å². The Morgan fingerprint density at radius 2 is 1.46 bits per heavy atom. The molecule has 0 spiro atoms. The maximum Gasteiger partial charge on any atom is 0.290 e. The third-order valence-electron chi connectivity index (χ3n) is 9.88. The van der Waals surface area contributed by atoms with E-state index < -0.39 is 0 Å². The van der Waals surface area contributed by atoms with Crippen LogP contribution in [0.1, 0.15) is 139 Å². The fourth-order valence-corrected chi connectivity index (χ4v) is 7.38. The fraction of sp³-hybridized carbons (Fsp3) is 0.591. The second-order valence-corrected chi connectivity index (χ2v) is 14.6. The molecule has 2 saturated carbocycles. The Morgan fingerprint density at radius 3 is 1.96 bits per heavy atom. The molecule has 0 radical (unpaired) electrons. The van der Waals surface area contributed by atoms with Crippen LogP contribution in [0.4, 0.5) is 4.39 Å². The van der Waals surface area contributed by atoms with Gasteiger partial charge in [-0.3, -0.25) is 9.59 Å². The van der Waals surface area contributed by atoms with Gasteiger partial charge in [0, 0.05) is 19.3 Å². The van der Waals surface area contributed by atoms with Gasteiger partial charge in [-0.2, -0.15) is 0 Å². The first-order chi connectivity index (χ1) is 24.0. The number of carboxylic acid groups (broad SMARTS) is 1. The molecule has 5 nitrogen and oxygen atoms in total. The third-order valence-corrected chi connectivity index (χ3v) is 9.88. The smallest absolute Gasteiger partial charge is 0.290 e. The fourth-order valence-electron chi connectivity index (χ4n) is 7.38. The minimum absolute atomic E-state index is 0.0132. The Kier molecular flexibility index (Phi) is 24.0. The van der Waals surface area contributed by atoms with Gasteiger partial charge in [0.25, 0.3) is 6.47 Å². The molecule has 3 atom stereocenters. The molecule has 0 aliphatic heterocycles. The number of allylic oxidation sites excluding steroid dienone is 1. The number of aryl methyl sites for hydroxylation is 1. The summed E-state index contributed by atoms with van der Waals surface area (Å²) in [6.45, 7) is 15.4. The molecule has 0 heterocycles. The number of aliphatic hydroxyl groups is 1. The molecule has 2 aromatic carbocycles. The number of hydrogen-bond donors (Lipinski definition) is 2. The van der Waals surface area contributed by atoms with Crippen molar-refractivity contribution >= 4 is 12.8 Å². The molecule has 6 heteroatoms. The van der Waals surface area contributed by atoms with Crippen LogP contribution in [0.2, 0.25) is 0 Å². The molecule has 0 bridgehead atoms. The zero-order chi connectivity index (χ0) is 37.3. The standard InChI is InChI=1S/C35H51FO.C4H6O2.C4H8.CH2O2/c1-4-5-6-8-27-11-14-31(15-12-27)29-9-7-10-30(17-16-29)32-18-20-33(21-19-32)34-22-13-28(24-35(34)36)23-26(2)25-37-3;1-4(2-5)3-6;1-4(2)3;2-1-3/h11-15,22,24,26,29-30,32-33H,4-10,16-21,23,25H2,1-3H3;2,6H,1,3H2;1H2,2-3H3;1H,(H,2,3). The first-order valence-electron chi connectivity index (χ1n) is 18.8. The quantitative estimate of drug-likeness (QED) is 0.0717. The van der Waals surface area contributed by atoms with Crippen LogP contribution in [-0.4, -0.2) is 43.3 Å². The molecular formula is C44H67FO5. The highest BCUT2D eigenvalue weighted by molar-refractivity contribution is 5.72. The summed E-state index contributed by atoms with van der Waals surface area (Å²) in [5.74, 6) is 3.28. The third kappa shape index (κ3) is 18.2. The minimum atomic E-state index is -0.250. The molecule has 0 saturated heterocycles. The zero-order valence-corrected chi connectivity index (χ0v) is 31.8. The molecular weight excluding hydrogens is 627 g/mol. The number of carbonyl (C=O) groups is 2. The van der Waals surface area contributed by atoms with E-state index in [0.717, 1.165) is 54.7 Å². The van der Waals surface area contributed by atoms with Crippen molar-refractivity contribution in [3.8, 4) is 0 Å². The van der Waals surface area contributed by atoms with Crippen molar-refractivity contribution in [2.75, 3.05) is 20.3 Å². The number of hydrogen-bond acceptors (Lipinski definition) is 4. The highest BCUT2D eigenvalue weighted by Gasteiger charge is 2.31. The molecule has 2 aliphatic carbocycles. The van der Waals surface area contributed by atoms with Gasteiger partial charge in [-0.1, -0.05) is 88.1 Å². The van der Waals surface area contributed by atoms with Crippen molar-refractivity contribution in [1.29, 1.82) is 0 Å². The van der Waals surface area contributed by atoms with Crippen LogP contribution in [0.15, 0.2) is 66.8 Å². The maximum atomic E-state index is 15.1. The van der Waals surface area contributed by atoms with Gasteiger partial charge in [-0.15, -0.1) is 6.58 Å². The Labute approximate surface area is 303 Å². The van der Waals surface area contributed by atoms with Crippen molar-refractivity contribution < 1.29 is 28.9 Å². The zero-order valence-electron chi connectivity index (χ0n) is 31.8. The van der Waals surface area contributed by atoms with Gasteiger partial charge in [0.2, 0.25) is 0 Å². The summed E-state index contributed by atoms with van der Waals surface area (Å²) in [5, 5.41) is 14.9. The molecule has 0 amide bonds. The molecule has 0 aromatic heterocycles. The van der Waals surface area contributed by atoms with E-state index in [1.54, 1.807) is 18.7 Å². The monoisotopic (exact) mass is 694 g/mol. The first-order valence-corrected chi connectivity index (χ1v) is 18.8. The molecule has 280 valence electrons. The number of methoxy groups -OCH3 is 1. The van der Waals surface area contributed by atoms with Crippen molar-refractivity contribution in [3.05, 3.63) is 94.8 Å². The minimum Gasteiger partial charge on any atom is -0.483 e. The Bertz CT molecular complexity index is 1230. The second-order valence-electron chi connectivity index (χ2n) is 14.6. The van der Waals surface area contributed by atoms with Crippen molar-refractivity contribution in [2.24, 2.45) is 17.8 Å². The average molecular weight is 695 g/mol. The summed E-state index contributed by atoms with van der Waals surface area (Å²) in [6.07, 6.45) is 18.3. The predicted octanol–water partition coefficient (Wildman–Crippen LogP) is 11.0. The molecule has 2 aliphatic rings. The van der Waals surface area contributed by atoms with Crippen LogP contribution in [0.5, 0.6) is 0 Å².